The Kier molecular flexibility index (Phi) is 7.17. The normalized spacial score (nSPS) is 12.2. The molecule has 1 heterocycles. The van der Waals surface area contributed by atoms with Crippen LogP contribution in [-0.4, -0.2) is 41.5 Å². The van der Waals surface area contributed by atoms with Gasteiger partial charge in [0, 0.05) is 19.8 Å². The van der Waals surface area contributed by atoms with Crippen molar-refractivity contribution in [3.05, 3.63) is 17.9 Å². The molecule has 1 rings (SSSR count). The van der Waals surface area contributed by atoms with Crippen LogP contribution in [0.25, 0.3) is 0 Å². The predicted octanol–water partition coefficient (Wildman–Crippen LogP) is 0.676. The Bertz CT molecular complexity index is 480. The van der Waals surface area contributed by atoms with Crippen molar-refractivity contribution < 1.29 is 22.3 Å². The minimum Gasteiger partial charge on any atom is -0.447 e. The molecule has 0 spiro atoms. The van der Waals surface area contributed by atoms with Crippen molar-refractivity contribution in [2.45, 2.75) is 31.8 Å². The van der Waals surface area contributed by atoms with E-state index in [1.54, 1.807) is 6.07 Å². The van der Waals surface area contributed by atoms with Crippen LogP contribution in [-0.2, 0) is 26.0 Å². The van der Waals surface area contributed by atoms with Gasteiger partial charge in [0.15, 0.2) is 6.29 Å². The van der Waals surface area contributed by atoms with Gasteiger partial charge in [0.1, 0.15) is 5.76 Å². The summed E-state index contributed by atoms with van der Waals surface area (Å²) in [6.45, 7) is 5.82. The summed E-state index contributed by atoms with van der Waals surface area (Å²) in [7, 11) is -2.19. The van der Waals surface area contributed by atoms with E-state index in [1.165, 1.54) is 13.1 Å². The average Bonchev–Trinajstić information content (AvgIpc) is 2.89. The topological polar surface area (TPSA) is 89.8 Å². The number of hydrogen-bond donors (Lipinski definition) is 2. The van der Waals surface area contributed by atoms with Crippen molar-refractivity contribution in [2.75, 3.05) is 26.8 Å². The van der Waals surface area contributed by atoms with Crippen molar-refractivity contribution in [1.29, 1.82) is 0 Å². The molecule has 0 aromatic carbocycles. The van der Waals surface area contributed by atoms with E-state index in [9.17, 15) is 8.42 Å². The number of rotatable bonds is 10. The van der Waals surface area contributed by atoms with Crippen LogP contribution in [0.15, 0.2) is 21.6 Å². The molecule has 0 aliphatic heterocycles. The fraction of sp³-hybridized carbons (Fsp3) is 0.667. The van der Waals surface area contributed by atoms with Gasteiger partial charge in [-0.15, -0.1) is 0 Å². The number of nitrogens with one attached hydrogen (secondary N) is 2. The standard InChI is InChI=1S/C12H22N2O5S/c1-4-17-11(18-5-2)9-14-8-10-6-7-12(19-10)20(15,16)13-3/h6-7,11,13-14H,4-5,8-9H2,1-3H3. The lowest BCUT2D eigenvalue weighted by atomic mass is 10.4. The number of sulfonamides is 1. The van der Waals surface area contributed by atoms with Gasteiger partial charge < -0.3 is 19.2 Å². The van der Waals surface area contributed by atoms with Gasteiger partial charge in [-0.1, -0.05) is 0 Å². The zero-order chi connectivity index (χ0) is 15.0. The van der Waals surface area contributed by atoms with E-state index in [4.69, 9.17) is 13.9 Å². The Balaban J connectivity index is 2.46. The van der Waals surface area contributed by atoms with Gasteiger partial charge in [-0.3, -0.25) is 0 Å². The summed E-state index contributed by atoms with van der Waals surface area (Å²) in [5.41, 5.74) is 0. The van der Waals surface area contributed by atoms with E-state index in [0.717, 1.165) is 0 Å². The fourth-order valence-corrected chi connectivity index (χ4v) is 2.21. The van der Waals surface area contributed by atoms with Gasteiger partial charge in [-0.05, 0) is 33.0 Å². The summed E-state index contributed by atoms with van der Waals surface area (Å²) in [6.07, 6.45) is -0.319. The summed E-state index contributed by atoms with van der Waals surface area (Å²) >= 11 is 0. The summed E-state index contributed by atoms with van der Waals surface area (Å²) in [6, 6.07) is 3.04. The predicted molar refractivity (Wildman–Crippen MR) is 73.7 cm³/mol. The minimum atomic E-state index is -3.53. The van der Waals surface area contributed by atoms with Gasteiger partial charge in [0.25, 0.3) is 10.0 Å². The van der Waals surface area contributed by atoms with Gasteiger partial charge in [0.2, 0.25) is 5.09 Å². The first-order chi connectivity index (χ1) is 9.53. The Labute approximate surface area is 119 Å². The summed E-state index contributed by atoms with van der Waals surface area (Å²) in [5.74, 6) is 0.533. The molecule has 2 N–H and O–H groups in total. The fourth-order valence-electron chi connectivity index (χ4n) is 1.55. The van der Waals surface area contributed by atoms with Crippen LogP contribution in [0.1, 0.15) is 19.6 Å². The first-order valence-electron chi connectivity index (χ1n) is 6.49. The zero-order valence-corrected chi connectivity index (χ0v) is 12.8. The Morgan fingerprint density at radius 2 is 1.90 bits per heavy atom. The Morgan fingerprint density at radius 1 is 1.25 bits per heavy atom. The number of hydrogen-bond acceptors (Lipinski definition) is 6. The van der Waals surface area contributed by atoms with E-state index in [1.807, 2.05) is 13.8 Å². The second kappa shape index (κ2) is 8.38. The quantitative estimate of drug-likeness (QED) is 0.618. The largest absolute Gasteiger partial charge is 0.447 e. The third-order valence-electron chi connectivity index (χ3n) is 2.49. The van der Waals surface area contributed by atoms with Crippen LogP contribution in [0.4, 0.5) is 0 Å². The smallest absolute Gasteiger partial charge is 0.273 e. The first kappa shape index (κ1) is 17.1. The van der Waals surface area contributed by atoms with Gasteiger partial charge >= 0.3 is 0 Å². The van der Waals surface area contributed by atoms with Crippen molar-refractivity contribution in [1.82, 2.24) is 10.0 Å². The molecule has 20 heavy (non-hydrogen) atoms. The molecule has 8 heteroatoms. The maximum absolute atomic E-state index is 11.5. The first-order valence-corrected chi connectivity index (χ1v) is 7.98. The average molecular weight is 306 g/mol. The van der Waals surface area contributed by atoms with Crippen molar-refractivity contribution in [2.24, 2.45) is 0 Å². The van der Waals surface area contributed by atoms with E-state index >= 15 is 0 Å². The van der Waals surface area contributed by atoms with Crippen LogP contribution < -0.4 is 10.0 Å². The molecule has 0 fully saturated rings. The molecule has 0 bridgehead atoms. The molecular formula is C12H22N2O5S. The maximum atomic E-state index is 11.5. The van der Waals surface area contributed by atoms with Crippen LogP contribution in [0, 0.1) is 0 Å². The summed E-state index contributed by atoms with van der Waals surface area (Å²) in [4.78, 5) is 0. The Morgan fingerprint density at radius 3 is 2.45 bits per heavy atom. The van der Waals surface area contributed by atoms with E-state index in [0.29, 0.717) is 32.1 Å². The van der Waals surface area contributed by atoms with E-state index in [2.05, 4.69) is 10.0 Å². The summed E-state index contributed by atoms with van der Waals surface area (Å²) < 4.78 is 41.2. The van der Waals surface area contributed by atoms with E-state index < -0.39 is 10.0 Å². The van der Waals surface area contributed by atoms with Crippen molar-refractivity contribution >= 4 is 10.0 Å². The molecule has 0 saturated heterocycles. The molecule has 1 aromatic heterocycles. The molecule has 0 amide bonds. The second-order valence-corrected chi connectivity index (χ2v) is 5.72. The minimum absolute atomic E-state index is 0.0945. The number of ether oxygens (including phenoxy) is 2. The highest BCUT2D eigenvalue weighted by atomic mass is 32.2. The highest BCUT2D eigenvalue weighted by molar-refractivity contribution is 7.89. The molecule has 0 aliphatic rings. The SMILES string of the molecule is CCOC(CNCc1ccc(S(=O)(=O)NC)o1)OCC. The highest BCUT2D eigenvalue weighted by Crippen LogP contribution is 2.13. The highest BCUT2D eigenvalue weighted by Gasteiger charge is 2.16. The molecule has 0 unspecified atom stereocenters. The lowest BCUT2D eigenvalue weighted by molar-refractivity contribution is -0.133. The molecule has 0 aliphatic carbocycles. The zero-order valence-electron chi connectivity index (χ0n) is 12.0. The number of furan rings is 1. The molecular weight excluding hydrogens is 284 g/mol. The van der Waals surface area contributed by atoms with Crippen LogP contribution in [0.3, 0.4) is 0 Å². The third-order valence-corrected chi connectivity index (χ3v) is 3.77. The van der Waals surface area contributed by atoms with E-state index in [-0.39, 0.29) is 11.4 Å². The van der Waals surface area contributed by atoms with Crippen LogP contribution in [0.2, 0.25) is 0 Å². The Hall–Kier alpha value is -0.930. The van der Waals surface area contributed by atoms with Gasteiger partial charge in [0.05, 0.1) is 6.54 Å². The lowest BCUT2D eigenvalue weighted by Gasteiger charge is -2.16. The molecule has 0 saturated carbocycles. The van der Waals surface area contributed by atoms with Crippen molar-refractivity contribution in [3.63, 3.8) is 0 Å². The molecule has 0 radical (unpaired) electrons. The van der Waals surface area contributed by atoms with Crippen LogP contribution in [0.5, 0.6) is 0 Å². The molecule has 0 atom stereocenters. The molecule has 7 nitrogen and oxygen atoms in total. The third kappa shape index (κ3) is 5.22. The second-order valence-electron chi connectivity index (χ2n) is 3.90. The lowest BCUT2D eigenvalue weighted by Crippen LogP contribution is -2.31. The van der Waals surface area contributed by atoms with Crippen molar-refractivity contribution in [3.8, 4) is 0 Å². The van der Waals surface area contributed by atoms with Crippen LogP contribution >= 0.6 is 0 Å². The van der Waals surface area contributed by atoms with Gasteiger partial charge in [-0.25, -0.2) is 13.1 Å². The monoisotopic (exact) mass is 306 g/mol. The maximum Gasteiger partial charge on any atom is 0.273 e. The van der Waals surface area contributed by atoms with Gasteiger partial charge in [-0.2, -0.15) is 0 Å². The molecule has 116 valence electrons. The summed E-state index contributed by atoms with van der Waals surface area (Å²) in [5, 5.41) is 3.00. The molecule has 1 aromatic rings.